The van der Waals surface area contributed by atoms with Crippen molar-refractivity contribution in [2.45, 2.75) is 43.2 Å². The molecule has 7 heteroatoms. The summed E-state index contributed by atoms with van der Waals surface area (Å²) in [4.78, 5) is 16.3. The van der Waals surface area contributed by atoms with Gasteiger partial charge in [-0.3, -0.25) is 9.78 Å². The number of carbonyl (C=O) groups is 1. The number of hydrogen-bond acceptors (Lipinski definition) is 4. The van der Waals surface area contributed by atoms with E-state index in [1.165, 1.54) is 0 Å². The molecule has 1 aromatic heterocycles. The van der Waals surface area contributed by atoms with Crippen molar-refractivity contribution in [3.05, 3.63) is 59.9 Å². The third kappa shape index (κ3) is 5.37. The molecule has 0 spiro atoms. The normalized spacial score (nSPS) is 14.2. The van der Waals surface area contributed by atoms with Gasteiger partial charge in [-0.1, -0.05) is 18.2 Å². The highest BCUT2D eigenvalue weighted by Crippen LogP contribution is 2.22. The van der Waals surface area contributed by atoms with Crippen LogP contribution in [0.4, 0.5) is 0 Å². The molecule has 0 bridgehead atoms. The second-order valence-electron chi connectivity index (χ2n) is 6.14. The molecule has 0 atom stereocenters. The fourth-order valence-corrected chi connectivity index (χ4v) is 3.67. The van der Waals surface area contributed by atoms with Crippen LogP contribution in [-0.4, -0.2) is 25.4 Å². The van der Waals surface area contributed by atoms with Crippen molar-refractivity contribution in [1.82, 2.24) is 15.0 Å². The standard InChI is InChI=1S/C18H21N3O3S/c22-18(20-13-16-3-1-2-12-19-16)11-6-14-4-9-17(10-5-14)25(23,24)21-15-7-8-15/h1-5,9-10,12,15,21H,6-8,11,13H2,(H,20,22). The topological polar surface area (TPSA) is 88.2 Å². The monoisotopic (exact) mass is 359 g/mol. The first-order chi connectivity index (χ1) is 12.0. The molecule has 2 aromatic rings. The molecule has 25 heavy (non-hydrogen) atoms. The molecule has 6 nitrogen and oxygen atoms in total. The van der Waals surface area contributed by atoms with Gasteiger partial charge in [0, 0.05) is 18.7 Å². The number of sulfonamides is 1. The first kappa shape index (κ1) is 17.6. The Labute approximate surface area is 147 Å². The molecule has 0 aliphatic heterocycles. The number of carbonyl (C=O) groups excluding carboxylic acids is 1. The number of rotatable bonds is 8. The fourth-order valence-electron chi connectivity index (χ4n) is 2.36. The average molecular weight is 359 g/mol. The first-order valence-corrected chi connectivity index (χ1v) is 9.79. The lowest BCUT2D eigenvalue weighted by Crippen LogP contribution is -2.25. The summed E-state index contributed by atoms with van der Waals surface area (Å²) in [6.45, 7) is 0.406. The van der Waals surface area contributed by atoms with E-state index in [0.29, 0.717) is 19.4 Å². The molecule has 1 aliphatic carbocycles. The highest BCUT2D eigenvalue weighted by Gasteiger charge is 2.27. The van der Waals surface area contributed by atoms with Crippen molar-refractivity contribution in [2.24, 2.45) is 0 Å². The Hall–Kier alpha value is -2.25. The quantitative estimate of drug-likeness (QED) is 0.752. The van der Waals surface area contributed by atoms with Gasteiger partial charge in [0.15, 0.2) is 0 Å². The third-order valence-electron chi connectivity index (χ3n) is 3.97. The second kappa shape index (κ2) is 7.76. The molecule has 3 rings (SSSR count). The summed E-state index contributed by atoms with van der Waals surface area (Å²) in [5, 5.41) is 2.83. The summed E-state index contributed by atoms with van der Waals surface area (Å²) >= 11 is 0. The number of aryl methyl sites for hydroxylation is 1. The van der Waals surface area contributed by atoms with Gasteiger partial charge >= 0.3 is 0 Å². The number of nitrogens with one attached hydrogen (secondary N) is 2. The summed E-state index contributed by atoms with van der Waals surface area (Å²) in [7, 11) is -3.42. The van der Waals surface area contributed by atoms with Gasteiger partial charge in [-0.2, -0.15) is 0 Å². The average Bonchev–Trinajstić information content (AvgIpc) is 3.43. The van der Waals surface area contributed by atoms with Crippen LogP contribution in [-0.2, 0) is 27.8 Å². The van der Waals surface area contributed by atoms with Crippen molar-refractivity contribution in [2.75, 3.05) is 0 Å². The van der Waals surface area contributed by atoms with Crippen LogP contribution in [0.1, 0.15) is 30.5 Å². The van der Waals surface area contributed by atoms with E-state index in [-0.39, 0.29) is 16.8 Å². The van der Waals surface area contributed by atoms with Crippen LogP contribution in [0.3, 0.4) is 0 Å². The Kier molecular flexibility index (Phi) is 5.45. The molecule has 1 fully saturated rings. The first-order valence-electron chi connectivity index (χ1n) is 8.31. The fraction of sp³-hybridized carbons (Fsp3) is 0.333. The third-order valence-corrected chi connectivity index (χ3v) is 5.50. The number of amides is 1. The van der Waals surface area contributed by atoms with Crippen molar-refractivity contribution in [1.29, 1.82) is 0 Å². The van der Waals surface area contributed by atoms with E-state index in [4.69, 9.17) is 0 Å². The molecule has 2 N–H and O–H groups in total. The highest BCUT2D eigenvalue weighted by atomic mass is 32.2. The van der Waals surface area contributed by atoms with Crippen LogP contribution in [0, 0.1) is 0 Å². The van der Waals surface area contributed by atoms with E-state index < -0.39 is 10.0 Å². The molecule has 1 amide bonds. The summed E-state index contributed by atoms with van der Waals surface area (Å²) in [5.41, 5.74) is 1.74. The molecule has 1 aromatic carbocycles. The molecular formula is C18H21N3O3S. The molecule has 1 saturated carbocycles. The van der Waals surface area contributed by atoms with Gasteiger partial charge in [0.25, 0.3) is 0 Å². The van der Waals surface area contributed by atoms with Gasteiger partial charge in [0.1, 0.15) is 0 Å². The SMILES string of the molecule is O=C(CCc1ccc(S(=O)(=O)NC2CC2)cc1)NCc1ccccn1. The molecule has 132 valence electrons. The maximum Gasteiger partial charge on any atom is 0.240 e. The molecular weight excluding hydrogens is 338 g/mol. The zero-order valence-corrected chi connectivity index (χ0v) is 14.6. The lowest BCUT2D eigenvalue weighted by molar-refractivity contribution is -0.121. The Balaban J connectivity index is 1.47. The van der Waals surface area contributed by atoms with Crippen LogP contribution in [0.2, 0.25) is 0 Å². The van der Waals surface area contributed by atoms with Crippen LogP contribution >= 0.6 is 0 Å². The number of pyridine rings is 1. The van der Waals surface area contributed by atoms with E-state index in [9.17, 15) is 13.2 Å². The maximum absolute atomic E-state index is 12.1. The molecule has 0 radical (unpaired) electrons. The van der Waals surface area contributed by atoms with E-state index in [1.54, 1.807) is 30.5 Å². The maximum atomic E-state index is 12.1. The van der Waals surface area contributed by atoms with E-state index in [1.807, 2.05) is 18.2 Å². The molecule has 0 saturated heterocycles. The van der Waals surface area contributed by atoms with Gasteiger partial charge in [-0.05, 0) is 49.1 Å². The zero-order chi connectivity index (χ0) is 17.7. The minimum absolute atomic E-state index is 0.0576. The Morgan fingerprint density at radius 3 is 2.52 bits per heavy atom. The minimum atomic E-state index is -3.42. The summed E-state index contributed by atoms with van der Waals surface area (Å²) < 4.78 is 26.8. The smallest absolute Gasteiger partial charge is 0.240 e. The molecule has 1 heterocycles. The lowest BCUT2D eigenvalue weighted by Gasteiger charge is -2.07. The number of aromatic nitrogens is 1. The van der Waals surface area contributed by atoms with E-state index in [2.05, 4.69) is 15.0 Å². The molecule has 1 aliphatic rings. The van der Waals surface area contributed by atoms with Crippen molar-refractivity contribution in [3.8, 4) is 0 Å². The predicted molar refractivity (Wildman–Crippen MR) is 94.2 cm³/mol. The van der Waals surface area contributed by atoms with Crippen LogP contribution < -0.4 is 10.0 Å². The van der Waals surface area contributed by atoms with E-state index in [0.717, 1.165) is 24.1 Å². The Bertz CT molecular complexity index is 816. The zero-order valence-electron chi connectivity index (χ0n) is 13.8. The number of benzene rings is 1. The van der Waals surface area contributed by atoms with Crippen molar-refractivity contribution >= 4 is 15.9 Å². The Morgan fingerprint density at radius 1 is 1.12 bits per heavy atom. The van der Waals surface area contributed by atoms with Crippen LogP contribution in [0.15, 0.2) is 53.6 Å². The number of nitrogens with zero attached hydrogens (tertiary/aromatic N) is 1. The van der Waals surface area contributed by atoms with Gasteiger partial charge in [-0.25, -0.2) is 13.1 Å². The largest absolute Gasteiger partial charge is 0.350 e. The van der Waals surface area contributed by atoms with Gasteiger partial charge in [0.05, 0.1) is 17.1 Å². The Morgan fingerprint density at radius 2 is 1.88 bits per heavy atom. The highest BCUT2D eigenvalue weighted by molar-refractivity contribution is 7.89. The van der Waals surface area contributed by atoms with Crippen molar-refractivity contribution < 1.29 is 13.2 Å². The van der Waals surface area contributed by atoms with Crippen molar-refractivity contribution in [3.63, 3.8) is 0 Å². The summed E-state index contributed by atoms with van der Waals surface area (Å²) in [6.07, 6.45) is 4.41. The number of hydrogen-bond donors (Lipinski definition) is 2. The summed E-state index contributed by atoms with van der Waals surface area (Å²) in [5.74, 6) is -0.0576. The lowest BCUT2D eigenvalue weighted by atomic mass is 10.1. The summed E-state index contributed by atoms with van der Waals surface area (Å²) in [6, 6.07) is 12.3. The van der Waals surface area contributed by atoms with Gasteiger partial charge in [-0.15, -0.1) is 0 Å². The van der Waals surface area contributed by atoms with E-state index >= 15 is 0 Å². The van der Waals surface area contributed by atoms with Crippen LogP contribution in [0.5, 0.6) is 0 Å². The van der Waals surface area contributed by atoms with Gasteiger partial charge < -0.3 is 5.32 Å². The second-order valence-corrected chi connectivity index (χ2v) is 7.85. The minimum Gasteiger partial charge on any atom is -0.350 e. The van der Waals surface area contributed by atoms with Gasteiger partial charge in [0.2, 0.25) is 15.9 Å². The predicted octanol–water partition coefficient (Wildman–Crippen LogP) is 1.77. The molecule has 0 unspecified atom stereocenters. The van der Waals surface area contributed by atoms with Crippen LogP contribution in [0.25, 0.3) is 0 Å².